The number of rotatable bonds is 3. The smallest absolute Gasteiger partial charge is 0.316 e. The van der Waals surface area contributed by atoms with Crippen LogP contribution in [0, 0.1) is 25.7 Å². The van der Waals surface area contributed by atoms with E-state index in [1.807, 2.05) is 6.92 Å². The van der Waals surface area contributed by atoms with Crippen LogP contribution in [0.5, 0.6) is 0 Å². The predicted molar refractivity (Wildman–Crippen MR) is 47.2 cm³/mol. The van der Waals surface area contributed by atoms with Gasteiger partial charge in [0.25, 0.3) is 0 Å². The summed E-state index contributed by atoms with van der Waals surface area (Å²) in [6.45, 7) is 2.26. The van der Waals surface area contributed by atoms with Gasteiger partial charge >= 0.3 is 8.25 Å². The highest BCUT2D eigenvalue weighted by atomic mass is 31.1. The van der Waals surface area contributed by atoms with Gasteiger partial charge in [0, 0.05) is 0 Å². The lowest BCUT2D eigenvalue weighted by molar-refractivity contribution is 0.282. The van der Waals surface area contributed by atoms with Gasteiger partial charge in [0.15, 0.2) is 0 Å². The molecule has 0 bridgehead atoms. The topological polar surface area (TPSA) is 46.5 Å². The lowest BCUT2D eigenvalue weighted by atomic mass is 10.5. The second-order valence-corrected chi connectivity index (χ2v) is 1.93. The van der Waals surface area contributed by atoms with Crippen LogP contribution in [0.15, 0.2) is 0 Å². The van der Waals surface area contributed by atoms with Gasteiger partial charge in [-0.15, -0.1) is 25.7 Å². The molecule has 0 spiro atoms. The molecule has 0 aromatic heterocycles. The zero-order chi connectivity index (χ0) is 9.70. The van der Waals surface area contributed by atoms with E-state index in [2.05, 4.69) is 30.2 Å². The van der Waals surface area contributed by atoms with Gasteiger partial charge in [-0.1, -0.05) is 6.92 Å². The molecule has 1 N–H and O–H groups in total. The van der Waals surface area contributed by atoms with Crippen molar-refractivity contribution in [2.45, 2.75) is 13.3 Å². The maximum Gasteiger partial charge on any atom is 0.316 e. The summed E-state index contributed by atoms with van der Waals surface area (Å²) in [6.07, 6.45) is 16.8. The minimum absolute atomic E-state index is 0.383. The molecule has 0 aliphatic heterocycles. The van der Waals surface area contributed by atoms with E-state index in [0.717, 1.165) is 6.42 Å². The molecule has 0 fully saturated rings. The van der Waals surface area contributed by atoms with Crippen molar-refractivity contribution in [2.24, 2.45) is 0 Å². The van der Waals surface area contributed by atoms with E-state index >= 15 is 0 Å². The van der Waals surface area contributed by atoms with Crippen LogP contribution in [0.25, 0.3) is 0 Å². The first-order chi connectivity index (χ1) is 5.27. The quantitative estimate of drug-likeness (QED) is 0.520. The molecular weight excluding hydrogens is 163 g/mol. The molecule has 0 aromatic carbocycles. The highest BCUT2D eigenvalue weighted by molar-refractivity contribution is 7.32. The SMILES string of the molecule is C#C.C#C.CCCO[PH](=O)O. The fourth-order valence-corrected chi connectivity index (χ4v) is 0.568. The van der Waals surface area contributed by atoms with E-state index < -0.39 is 8.25 Å². The van der Waals surface area contributed by atoms with Gasteiger partial charge in [-0.3, -0.25) is 4.57 Å². The van der Waals surface area contributed by atoms with Crippen LogP contribution in [-0.2, 0) is 9.09 Å². The third-order valence-corrected chi connectivity index (χ3v) is 0.881. The summed E-state index contributed by atoms with van der Waals surface area (Å²) < 4.78 is 14.0. The fraction of sp³-hybridized carbons (Fsp3) is 0.429. The lowest BCUT2D eigenvalue weighted by Gasteiger charge is -1.91. The van der Waals surface area contributed by atoms with E-state index in [-0.39, 0.29) is 0 Å². The largest absolute Gasteiger partial charge is 0.326 e. The molecule has 0 aromatic rings. The standard InChI is InChI=1S/C3H9O3P.2C2H2/c1-2-3-6-7(4)5;2*1-2/h7H,2-3H2,1H3,(H,4,5);2*1-2H. The molecule has 0 rings (SSSR count). The first kappa shape index (κ1) is 16.7. The Morgan fingerprint density at radius 1 is 1.36 bits per heavy atom. The molecule has 0 saturated carbocycles. The van der Waals surface area contributed by atoms with Crippen LogP contribution in [0.3, 0.4) is 0 Å². The summed E-state index contributed by atoms with van der Waals surface area (Å²) in [6, 6.07) is 0. The Morgan fingerprint density at radius 3 is 1.82 bits per heavy atom. The average Bonchev–Trinajstić information content (AvgIpc) is 2.08. The number of hydrogen-bond donors (Lipinski definition) is 1. The molecule has 0 amide bonds. The average molecular weight is 176 g/mol. The molecule has 0 aliphatic carbocycles. The zero-order valence-corrected chi connectivity index (χ0v) is 7.49. The minimum Gasteiger partial charge on any atom is -0.326 e. The van der Waals surface area contributed by atoms with Crippen molar-refractivity contribution in [3.8, 4) is 25.7 Å². The van der Waals surface area contributed by atoms with E-state index in [1.54, 1.807) is 0 Å². The predicted octanol–water partition coefficient (Wildman–Crippen LogP) is 1.29. The molecule has 1 atom stereocenters. The number of terminal acetylenes is 2. The van der Waals surface area contributed by atoms with E-state index in [9.17, 15) is 4.57 Å². The maximum absolute atomic E-state index is 9.72. The number of hydrogen-bond acceptors (Lipinski definition) is 2. The second kappa shape index (κ2) is 22.8. The molecule has 4 heteroatoms. The highest BCUT2D eigenvalue weighted by Crippen LogP contribution is 2.13. The molecule has 11 heavy (non-hydrogen) atoms. The molecule has 0 saturated heterocycles. The van der Waals surface area contributed by atoms with E-state index in [0.29, 0.717) is 6.61 Å². The second-order valence-electron chi connectivity index (χ2n) is 1.11. The Hall–Kier alpha value is -0.730. The Labute approximate surface area is 68.7 Å². The van der Waals surface area contributed by atoms with Gasteiger partial charge in [0.2, 0.25) is 0 Å². The summed E-state index contributed by atoms with van der Waals surface area (Å²) in [5, 5.41) is 0. The Balaban J connectivity index is -0.000000138. The Morgan fingerprint density at radius 2 is 1.73 bits per heavy atom. The van der Waals surface area contributed by atoms with Gasteiger partial charge in [-0.2, -0.15) is 0 Å². The van der Waals surface area contributed by atoms with Crippen LogP contribution in [0.1, 0.15) is 13.3 Å². The monoisotopic (exact) mass is 176 g/mol. The maximum atomic E-state index is 9.72. The Kier molecular flexibility index (Phi) is 34.7. The van der Waals surface area contributed by atoms with Gasteiger partial charge in [-0.25, -0.2) is 0 Å². The third kappa shape index (κ3) is 45.8. The van der Waals surface area contributed by atoms with Crippen LogP contribution < -0.4 is 0 Å². The van der Waals surface area contributed by atoms with Gasteiger partial charge in [0.1, 0.15) is 0 Å². The Bertz CT molecular complexity index is 111. The normalized spacial score (nSPS) is 9.27. The van der Waals surface area contributed by atoms with Crippen molar-refractivity contribution in [1.29, 1.82) is 0 Å². The van der Waals surface area contributed by atoms with E-state index in [1.165, 1.54) is 0 Å². The van der Waals surface area contributed by atoms with Crippen molar-refractivity contribution >= 4 is 8.25 Å². The lowest BCUT2D eigenvalue weighted by Crippen LogP contribution is -1.79. The molecule has 0 aliphatic rings. The van der Waals surface area contributed by atoms with E-state index in [4.69, 9.17) is 4.89 Å². The highest BCUT2D eigenvalue weighted by Gasteiger charge is 1.85. The molecule has 1 unspecified atom stereocenters. The van der Waals surface area contributed by atoms with Crippen LogP contribution in [0.4, 0.5) is 0 Å². The fourth-order valence-electron chi connectivity index (χ4n) is 0.189. The van der Waals surface area contributed by atoms with Gasteiger partial charge in [-0.05, 0) is 6.42 Å². The summed E-state index contributed by atoms with van der Waals surface area (Å²) in [7, 11) is -2.65. The van der Waals surface area contributed by atoms with Crippen molar-refractivity contribution in [3.63, 3.8) is 0 Å². The summed E-state index contributed by atoms with van der Waals surface area (Å²) in [4.78, 5) is 8.01. The molecule has 0 heterocycles. The van der Waals surface area contributed by atoms with Crippen LogP contribution in [0.2, 0.25) is 0 Å². The first-order valence-electron chi connectivity index (χ1n) is 2.79. The summed E-state index contributed by atoms with van der Waals surface area (Å²) in [5.74, 6) is 0. The van der Waals surface area contributed by atoms with Crippen molar-refractivity contribution in [1.82, 2.24) is 0 Å². The van der Waals surface area contributed by atoms with Crippen LogP contribution >= 0.6 is 8.25 Å². The van der Waals surface area contributed by atoms with Crippen molar-refractivity contribution in [2.75, 3.05) is 6.61 Å². The van der Waals surface area contributed by atoms with Crippen molar-refractivity contribution in [3.05, 3.63) is 0 Å². The summed E-state index contributed by atoms with van der Waals surface area (Å²) in [5.41, 5.74) is 0. The third-order valence-electron chi connectivity index (χ3n) is 0.430. The zero-order valence-electron chi connectivity index (χ0n) is 6.49. The minimum atomic E-state index is -2.65. The molecule has 3 nitrogen and oxygen atoms in total. The molecule has 64 valence electrons. The molecule has 0 radical (unpaired) electrons. The summed E-state index contributed by atoms with van der Waals surface area (Å²) >= 11 is 0. The van der Waals surface area contributed by atoms with Crippen LogP contribution in [-0.4, -0.2) is 11.5 Å². The van der Waals surface area contributed by atoms with Crippen molar-refractivity contribution < 1.29 is 14.0 Å². The first-order valence-corrected chi connectivity index (χ1v) is 4.06. The molecular formula is C7H13O3P. The van der Waals surface area contributed by atoms with Gasteiger partial charge in [0.05, 0.1) is 6.61 Å². The van der Waals surface area contributed by atoms with Gasteiger partial charge < -0.3 is 9.42 Å².